The zero-order valence-corrected chi connectivity index (χ0v) is 18.9. The number of nitrogens with two attached hydrogens (primary N) is 1. The van der Waals surface area contributed by atoms with Crippen molar-refractivity contribution in [1.82, 2.24) is 25.1 Å². The van der Waals surface area contributed by atoms with Gasteiger partial charge >= 0.3 is 0 Å². The van der Waals surface area contributed by atoms with Crippen molar-refractivity contribution >= 4 is 17.5 Å². The number of nitrogens with one attached hydrogen (secondary N) is 1. The Morgan fingerprint density at radius 2 is 2.15 bits per heavy atom. The van der Waals surface area contributed by atoms with E-state index in [0.717, 1.165) is 54.1 Å². The number of nitrogens with zero attached hydrogens (tertiary/aromatic N) is 5. The number of aromatic nitrogens is 4. The minimum Gasteiger partial charge on any atom is -0.383 e. The quantitative estimate of drug-likeness (QED) is 0.629. The van der Waals surface area contributed by atoms with Gasteiger partial charge in [-0.3, -0.25) is 9.48 Å². The van der Waals surface area contributed by atoms with Crippen LogP contribution in [-0.4, -0.2) is 38.7 Å². The molecule has 1 saturated carbocycles. The molecule has 8 nitrogen and oxygen atoms in total. The monoisotopic (exact) mass is 443 g/mol. The van der Waals surface area contributed by atoms with Gasteiger partial charge in [0.15, 0.2) is 0 Å². The fourth-order valence-corrected chi connectivity index (χ4v) is 5.34. The number of carbonyl (C=O) groups excluding carboxylic acids is 1. The molecule has 3 N–H and O–H groups in total. The lowest BCUT2D eigenvalue weighted by Gasteiger charge is -2.19. The highest BCUT2D eigenvalue weighted by molar-refractivity contribution is 5.94. The van der Waals surface area contributed by atoms with Gasteiger partial charge in [-0.2, -0.15) is 5.10 Å². The molecule has 0 aromatic carbocycles. The third-order valence-corrected chi connectivity index (χ3v) is 7.62. The summed E-state index contributed by atoms with van der Waals surface area (Å²) in [7, 11) is 0. The smallest absolute Gasteiger partial charge is 0.254 e. The summed E-state index contributed by atoms with van der Waals surface area (Å²) in [5.41, 5.74) is 11.4. The average Bonchev–Trinajstić information content (AvgIpc) is 3.13. The Kier molecular flexibility index (Phi) is 4.64. The molecule has 2 fully saturated rings. The van der Waals surface area contributed by atoms with Crippen molar-refractivity contribution in [2.75, 3.05) is 23.7 Å². The third-order valence-electron chi connectivity index (χ3n) is 7.62. The molecule has 6 rings (SSSR count). The average molecular weight is 444 g/mol. The predicted octanol–water partition coefficient (Wildman–Crippen LogP) is 3.02. The lowest BCUT2D eigenvalue weighted by atomic mass is 10.1. The molecule has 1 saturated heterocycles. The van der Waals surface area contributed by atoms with E-state index >= 15 is 0 Å². The standard InChI is InChI=1S/C25H29N7O/c1-16-17(2-5-22(29-16)31-11-9-25(15-31)7-8-25)13-32-14-18(12-28-32)24(33)30-21-4-3-20-19(21)6-10-27-23(20)26/h2,5-6,10,12,14,21H,3-4,7-9,11,13,15H2,1H3,(H2,26,27)(H,30,33)/t21-/m1/s1. The first-order valence-electron chi connectivity index (χ1n) is 11.8. The van der Waals surface area contributed by atoms with Gasteiger partial charge in [0.2, 0.25) is 0 Å². The molecule has 4 heterocycles. The second-order valence-corrected chi connectivity index (χ2v) is 9.84. The summed E-state index contributed by atoms with van der Waals surface area (Å²) < 4.78 is 1.80. The molecule has 3 aromatic heterocycles. The third kappa shape index (κ3) is 3.73. The van der Waals surface area contributed by atoms with Crippen LogP contribution in [0.15, 0.2) is 36.8 Å². The summed E-state index contributed by atoms with van der Waals surface area (Å²) in [6.07, 6.45) is 10.8. The zero-order valence-electron chi connectivity index (χ0n) is 18.9. The lowest BCUT2D eigenvalue weighted by Crippen LogP contribution is -2.26. The van der Waals surface area contributed by atoms with Gasteiger partial charge < -0.3 is 16.0 Å². The van der Waals surface area contributed by atoms with Gasteiger partial charge in [-0.25, -0.2) is 9.97 Å². The molecule has 8 heteroatoms. The number of carbonyl (C=O) groups is 1. The molecular weight excluding hydrogens is 414 g/mol. The molecule has 0 radical (unpaired) electrons. The largest absolute Gasteiger partial charge is 0.383 e. The van der Waals surface area contributed by atoms with Crippen molar-refractivity contribution in [1.29, 1.82) is 0 Å². The molecule has 1 aliphatic heterocycles. The maximum atomic E-state index is 12.8. The Morgan fingerprint density at radius 1 is 1.27 bits per heavy atom. The van der Waals surface area contributed by atoms with E-state index in [0.29, 0.717) is 23.3 Å². The lowest BCUT2D eigenvalue weighted by molar-refractivity contribution is 0.0936. The van der Waals surface area contributed by atoms with E-state index in [9.17, 15) is 4.79 Å². The normalized spacial score (nSPS) is 20.3. The first-order chi connectivity index (χ1) is 16.0. The molecule has 1 spiro atoms. The summed E-state index contributed by atoms with van der Waals surface area (Å²) in [4.78, 5) is 24.3. The number of aryl methyl sites for hydroxylation is 1. The maximum Gasteiger partial charge on any atom is 0.254 e. The first kappa shape index (κ1) is 20.2. The Hall–Kier alpha value is -3.42. The van der Waals surface area contributed by atoms with Crippen LogP contribution in [0, 0.1) is 12.3 Å². The van der Waals surface area contributed by atoms with Crippen molar-refractivity contribution in [3.8, 4) is 0 Å². The van der Waals surface area contributed by atoms with E-state index in [2.05, 4.69) is 39.4 Å². The van der Waals surface area contributed by atoms with Crippen molar-refractivity contribution in [3.63, 3.8) is 0 Å². The van der Waals surface area contributed by atoms with Gasteiger partial charge in [0.05, 0.1) is 24.3 Å². The van der Waals surface area contributed by atoms with Crippen molar-refractivity contribution in [2.45, 2.75) is 51.6 Å². The SMILES string of the molecule is Cc1nc(N2CCC3(CC3)C2)ccc1Cn1cc(C(=O)N[C@@H]2CCc3c2ccnc3N)cn1. The molecule has 3 aromatic rings. The number of hydrogen-bond acceptors (Lipinski definition) is 6. The van der Waals surface area contributed by atoms with Crippen LogP contribution < -0.4 is 16.0 Å². The van der Waals surface area contributed by atoms with Gasteiger partial charge in [0.25, 0.3) is 5.91 Å². The van der Waals surface area contributed by atoms with Crippen LogP contribution in [-0.2, 0) is 13.0 Å². The van der Waals surface area contributed by atoms with Gasteiger partial charge in [0.1, 0.15) is 11.6 Å². The number of rotatable bonds is 5. The number of anilines is 2. The molecule has 1 amide bonds. The molecule has 33 heavy (non-hydrogen) atoms. The second-order valence-electron chi connectivity index (χ2n) is 9.84. The van der Waals surface area contributed by atoms with Crippen molar-refractivity contribution in [2.24, 2.45) is 5.41 Å². The summed E-state index contributed by atoms with van der Waals surface area (Å²) in [6.45, 7) is 4.89. The Bertz CT molecular complexity index is 1230. The topological polar surface area (TPSA) is 102 Å². The molecule has 3 aliphatic rings. The fourth-order valence-electron chi connectivity index (χ4n) is 5.34. The highest BCUT2D eigenvalue weighted by Gasteiger charge is 2.47. The second kappa shape index (κ2) is 7.57. The number of amides is 1. The highest BCUT2D eigenvalue weighted by Crippen LogP contribution is 2.53. The number of pyridine rings is 2. The minimum absolute atomic E-state index is 0.0412. The zero-order chi connectivity index (χ0) is 22.6. The minimum atomic E-state index is -0.122. The van der Waals surface area contributed by atoms with E-state index in [4.69, 9.17) is 10.7 Å². The molecular formula is C25H29N7O. The van der Waals surface area contributed by atoms with E-state index in [1.54, 1.807) is 23.3 Å². The van der Waals surface area contributed by atoms with Crippen molar-refractivity contribution < 1.29 is 4.79 Å². The first-order valence-corrected chi connectivity index (χ1v) is 11.8. The van der Waals surface area contributed by atoms with E-state index in [-0.39, 0.29) is 11.9 Å². The predicted molar refractivity (Wildman–Crippen MR) is 126 cm³/mol. The summed E-state index contributed by atoms with van der Waals surface area (Å²) in [6, 6.07) is 6.17. The van der Waals surface area contributed by atoms with E-state index < -0.39 is 0 Å². The van der Waals surface area contributed by atoms with Gasteiger partial charge in [-0.05, 0) is 73.3 Å². The van der Waals surface area contributed by atoms with Gasteiger partial charge in [0, 0.05) is 31.2 Å². The van der Waals surface area contributed by atoms with Crippen LogP contribution >= 0.6 is 0 Å². The Labute approximate surface area is 193 Å². The van der Waals surface area contributed by atoms with Crippen LogP contribution in [0.2, 0.25) is 0 Å². The Morgan fingerprint density at radius 3 is 2.94 bits per heavy atom. The van der Waals surface area contributed by atoms with Gasteiger partial charge in [-0.1, -0.05) is 6.07 Å². The number of hydrogen-bond donors (Lipinski definition) is 2. The van der Waals surface area contributed by atoms with E-state index in [1.165, 1.54) is 19.3 Å². The summed E-state index contributed by atoms with van der Waals surface area (Å²) in [5.74, 6) is 1.51. The summed E-state index contributed by atoms with van der Waals surface area (Å²) in [5, 5.41) is 7.55. The van der Waals surface area contributed by atoms with Crippen LogP contribution in [0.1, 0.15) is 64.5 Å². The molecule has 2 aliphatic carbocycles. The summed E-state index contributed by atoms with van der Waals surface area (Å²) >= 11 is 0. The van der Waals surface area contributed by atoms with Crippen LogP contribution in [0.3, 0.4) is 0 Å². The molecule has 1 atom stereocenters. The van der Waals surface area contributed by atoms with Crippen LogP contribution in [0.25, 0.3) is 0 Å². The number of fused-ring (bicyclic) bond motifs is 1. The van der Waals surface area contributed by atoms with Gasteiger partial charge in [-0.15, -0.1) is 0 Å². The maximum absolute atomic E-state index is 12.8. The Balaban J connectivity index is 1.11. The fraction of sp³-hybridized carbons (Fsp3) is 0.440. The molecule has 0 unspecified atom stereocenters. The molecule has 170 valence electrons. The van der Waals surface area contributed by atoms with E-state index in [1.807, 2.05) is 6.07 Å². The number of nitrogen functional groups attached to an aromatic ring is 1. The van der Waals surface area contributed by atoms with Crippen molar-refractivity contribution in [3.05, 3.63) is 64.7 Å². The van der Waals surface area contributed by atoms with Crippen LogP contribution in [0.5, 0.6) is 0 Å². The molecule has 0 bridgehead atoms. The highest BCUT2D eigenvalue weighted by atomic mass is 16.1. The van der Waals surface area contributed by atoms with Crippen LogP contribution in [0.4, 0.5) is 11.6 Å².